The summed E-state index contributed by atoms with van der Waals surface area (Å²) < 4.78 is 27.3. The van der Waals surface area contributed by atoms with Gasteiger partial charge in [-0.15, -0.1) is 0 Å². The van der Waals surface area contributed by atoms with Crippen LogP contribution in [0.2, 0.25) is 0 Å². The van der Waals surface area contributed by atoms with Crippen LogP contribution in [0.25, 0.3) is 22.3 Å². The molecule has 0 N–H and O–H groups in total. The number of hydrogen-bond donors (Lipinski definition) is 0. The quantitative estimate of drug-likeness (QED) is 0.708. The summed E-state index contributed by atoms with van der Waals surface area (Å²) in [5.41, 5.74) is 1.53. The molecule has 0 saturated carbocycles. The van der Waals surface area contributed by atoms with Gasteiger partial charge in [-0.05, 0) is 24.3 Å². The lowest BCUT2D eigenvalue weighted by atomic mass is 10.1. The molecule has 0 amide bonds. The maximum atomic E-state index is 5.98. The van der Waals surface area contributed by atoms with Gasteiger partial charge >= 0.3 is 0 Å². The second-order valence-electron chi connectivity index (χ2n) is 4.96. The standard InChI is InChI=1S/C18H18O5/c1-19-13-5-11(6-14(9-13)20-2)16-8-12-7-15(21-3)10-17(22-4)18(12)23-16/h5-10H,1-4H3. The summed E-state index contributed by atoms with van der Waals surface area (Å²) in [6, 6.07) is 11.2. The average molecular weight is 314 g/mol. The predicted octanol–water partition coefficient (Wildman–Crippen LogP) is 4.13. The average Bonchev–Trinajstić information content (AvgIpc) is 3.04. The van der Waals surface area contributed by atoms with Crippen molar-refractivity contribution in [3.05, 3.63) is 36.4 Å². The Hall–Kier alpha value is -2.82. The van der Waals surface area contributed by atoms with Crippen LogP contribution in [0.4, 0.5) is 0 Å². The van der Waals surface area contributed by atoms with E-state index in [0.29, 0.717) is 34.3 Å². The zero-order valence-corrected chi connectivity index (χ0v) is 13.5. The fraction of sp³-hybridized carbons (Fsp3) is 0.222. The Morgan fingerprint density at radius 3 is 1.83 bits per heavy atom. The highest BCUT2D eigenvalue weighted by Crippen LogP contribution is 2.38. The van der Waals surface area contributed by atoms with E-state index in [2.05, 4.69) is 0 Å². The van der Waals surface area contributed by atoms with Gasteiger partial charge in [-0.1, -0.05) is 0 Å². The fourth-order valence-electron chi connectivity index (χ4n) is 2.46. The molecule has 23 heavy (non-hydrogen) atoms. The molecule has 0 unspecified atom stereocenters. The van der Waals surface area contributed by atoms with Crippen molar-refractivity contribution in [2.75, 3.05) is 28.4 Å². The number of fused-ring (bicyclic) bond motifs is 1. The molecule has 0 fully saturated rings. The van der Waals surface area contributed by atoms with E-state index in [1.54, 1.807) is 34.5 Å². The highest BCUT2D eigenvalue weighted by atomic mass is 16.5. The van der Waals surface area contributed by atoms with E-state index in [1.807, 2.05) is 30.3 Å². The zero-order chi connectivity index (χ0) is 16.4. The molecule has 0 aliphatic heterocycles. The molecule has 5 heteroatoms. The highest BCUT2D eigenvalue weighted by molar-refractivity contribution is 5.89. The van der Waals surface area contributed by atoms with Gasteiger partial charge in [-0.2, -0.15) is 0 Å². The molecule has 3 aromatic rings. The molecule has 0 saturated heterocycles. The Bertz CT molecular complexity index is 813. The van der Waals surface area contributed by atoms with Crippen molar-refractivity contribution in [1.29, 1.82) is 0 Å². The van der Waals surface area contributed by atoms with Gasteiger partial charge in [-0.25, -0.2) is 0 Å². The van der Waals surface area contributed by atoms with E-state index in [-0.39, 0.29) is 0 Å². The van der Waals surface area contributed by atoms with Gasteiger partial charge in [0.15, 0.2) is 11.3 Å². The van der Waals surface area contributed by atoms with Gasteiger partial charge in [0.1, 0.15) is 23.0 Å². The molecule has 1 heterocycles. The lowest BCUT2D eigenvalue weighted by molar-refractivity contribution is 0.392. The molecule has 0 bridgehead atoms. The van der Waals surface area contributed by atoms with Gasteiger partial charge in [0.25, 0.3) is 0 Å². The molecule has 5 nitrogen and oxygen atoms in total. The van der Waals surface area contributed by atoms with Crippen LogP contribution in [0, 0.1) is 0 Å². The molecule has 2 aromatic carbocycles. The summed E-state index contributed by atoms with van der Waals surface area (Å²) in [7, 11) is 6.45. The minimum Gasteiger partial charge on any atom is -0.497 e. The van der Waals surface area contributed by atoms with Crippen molar-refractivity contribution in [3.8, 4) is 34.3 Å². The number of hydrogen-bond acceptors (Lipinski definition) is 5. The third-order valence-electron chi connectivity index (χ3n) is 3.65. The molecule has 3 rings (SSSR count). The molecule has 0 radical (unpaired) electrons. The topological polar surface area (TPSA) is 50.1 Å². The lowest BCUT2D eigenvalue weighted by Gasteiger charge is -2.06. The first-order chi connectivity index (χ1) is 11.2. The van der Waals surface area contributed by atoms with Crippen LogP contribution in [0.15, 0.2) is 40.8 Å². The minimum atomic E-state index is 0.625. The van der Waals surface area contributed by atoms with Crippen molar-refractivity contribution in [1.82, 2.24) is 0 Å². The Balaban J connectivity index is 2.17. The maximum absolute atomic E-state index is 5.98. The summed E-state index contributed by atoms with van der Waals surface area (Å²) in [6.45, 7) is 0. The third kappa shape index (κ3) is 2.77. The number of ether oxygens (including phenoxy) is 4. The van der Waals surface area contributed by atoms with Crippen molar-refractivity contribution in [3.63, 3.8) is 0 Å². The first-order valence-electron chi connectivity index (χ1n) is 7.07. The summed E-state index contributed by atoms with van der Waals surface area (Å²) in [5, 5.41) is 0.901. The number of furan rings is 1. The summed E-state index contributed by atoms with van der Waals surface area (Å²) >= 11 is 0. The van der Waals surface area contributed by atoms with Crippen LogP contribution in [-0.2, 0) is 0 Å². The summed E-state index contributed by atoms with van der Waals surface area (Å²) in [5.74, 6) is 3.43. The van der Waals surface area contributed by atoms with Gasteiger partial charge in [0.2, 0.25) is 0 Å². The van der Waals surface area contributed by atoms with Crippen LogP contribution in [0.3, 0.4) is 0 Å². The van der Waals surface area contributed by atoms with Gasteiger partial charge < -0.3 is 23.4 Å². The van der Waals surface area contributed by atoms with Gasteiger partial charge in [0, 0.05) is 23.1 Å². The first kappa shape index (κ1) is 15.1. The largest absolute Gasteiger partial charge is 0.497 e. The first-order valence-corrected chi connectivity index (χ1v) is 7.07. The molecule has 0 aliphatic carbocycles. The molecule has 120 valence electrons. The predicted molar refractivity (Wildman–Crippen MR) is 87.9 cm³/mol. The van der Waals surface area contributed by atoms with Crippen LogP contribution < -0.4 is 18.9 Å². The third-order valence-corrected chi connectivity index (χ3v) is 3.65. The maximum Gasteiger partial charge on any atom is 0.176 e. The lowest BCUT2D eigenvalue weighted by Crippen LogP contribution is -1.88. The second-order valence-corrected chi connectivity index (χ2v) is 4.96. The molecule has 1 aromatic heterocycles. The number of benzene rings is 2. The van der Waals surface area contributed by atoms with Crippen molar-refractivity contribution in [2.45, 2.75) is 0 Å². The van der Waals surface area contributed by atoms with Gasteiger partial charge in [0.05, 0.1) is 28.4 Å². The minimum absolute atomic E-state index is 0.625. The molecular formula is C18H18O5. The van der Waals surface area contributed by atoms with Crippen molar-refractivity contribution < 1.29 is 23.4 Å². The monoisotopic (exact) mass is 314 g/mol. The SMILES string of the molecule is COc1cc(OC)cc(-c2cc3cc(OC)cc(OC)c3o2)c1. The smallest absolute Gasteiger partial charge is 0.176 e. The normalized spacial score (nSPS) is 10.6. The summed E-state index contributed by atoms with van der Waals surface area (Å²) in [4.78, 5) is 0. The van der Waals surface area contributed by atoms with Crippen LogP contribution >= 0.6 is 0 Å². The summed E-state index contributed by atoms with van der Waals surface area (Å²) in [6.07, 6.45) is 0. The van der Waals surface area contributed by atoms with E-state index < -0.39 is 0 Å². The van der Waals surface area contributed by atoms with E-state index in [4.69, 9.17) is 23.4 Å². The number of rotatable bonds is 5. The van der Waals surface area contributed by atoms with Crippen molar-refractivity contribution >= 4 is 11.0 Å². The molecular weight excluding hydrogens is 296 g/mol. The van der Waals surface area contributed by atoms with Gasteiger partial charge in [-0.3, -0.25) is 0 Å². The van der Waals surface area contributed by atoms with E-state index >= 15 is 0 Å². The van der Waals surface area contributed by atoms with Crippen LogP contribution in [-0.4, -0.2) is 28.4 Å². The fourth-order valence-corrected chi connectivity index (χ4v) is 2.46. The molecule has 0 atom stereocenters. The zero-order valence-electron chi connectivity index (χ0n) is 13.5. The Kier molecular flexibility index (Phi) is 4.02. The van der Waals surface area contributed by atoms with E-state index in [9.17, 15) is 0 Å². The molecule has 0 spiro atoms. The Labute approximate surface area is 134 Å². The molecule has 0 aliphatic rings. The van der Waals surface area contributed by atoms with E-state index in [0.717, 1.165) is 10.9 Å². The Morgan fingerprint density at radius 2 is 1.26 bits per heavy atom. The number of methoxy groups -OCH3 is 4. The van der Waals surface area contributed by atoms with Crippen LogP contribution in [0.1, 0.15) is 0 Å². The van der Waals surface area contributed by atoms with Crippen molar-refractivity contribution in [2.24, 2.45) is 0 Å². The van der Waals surface area contributed by atoms with E-state index in [1.165, 1.54) is 0 Å². The van der Waals surface area contributed by atoms with Crippen LogP contribution in [0.5, 0.6) is 23.0 Å². The highest BCUT2D eigenvalue weighted by Gasteiger charge is 2.14. The Morgan fingerprint density at radius 1 is 0.652 bits per heavy atom. The second kappa shape index (κ2) is 6.12.